The lowest BCUT2D eigenvalue weighted by molar-refractivity contribution is 0.587. The number of hydrogen-bond acceptors (Lipinski definition) is 4. The smallest absolute Gasteiger partial charge is 0.0508 e. The fourth-order valence-electron chi connectivity index (χ4n) is 3.48. The summed E-state index contributed by atoms with van der Waals surface area (Å²) < 4.78 is 0. The van der Waals surface area contributed by atoms with Crippen molar-refractivity contribution in [2.45, 2.75) is 33.4 Å². The maximum absolute atomic E-state index is 3.45. The standard InChI is InChI=1S/C24H26N2S2/c1-18-11-12-21(19(2)17-18)27-23-9-5-6-10-24(23)28-22-8-4-3-7-20(22)26-15-13-25-14-16-26/h3-12,17,25H,13-16H2,1-2H3. The van der Waals surface area contributed by atoms with Crippen molar-refractivity contribution < 1.29 is 0 Å². The number of hydrogen-bond donors (Lipinski definition) is 1. The second-order valence-corrected chi connectivity index (χ2v) is 9.29. The van der Waals surface area contributed by atoms with Gasteiger partial charge in [-0.25, -0.2) is 0 Å². The van der Waals surface area contributed by atoms with E-state index in [1.807, 2.05) is 23.5 Å². The number of benzene rings is 3. The Labute approximate surface area is 176 Å². The van der Waals surface area contributed by atoms with Crippen LogP contribution in [0.4, 0.5) is 5.69 Å². The van der Waals surface area contributed by atoms with Crippen LogP contribution in [0.3, 0.4) is 0 Å². The van der Waals surface area contributed by atoms with Crippen LogP contribution >= 0.6 is 23.5 Å². The summed E-state index contributed by atoms with van der Waals surface area (Å²) in [6, 6.07) is 24.3. The van der Waals surface area contributed by atoms with Crippen LogP contribution in [0.2, 0.25) is 0 Å². The molecule has 4 rings (SSSR count). The van der Waals surface area contributed by atoms with Crippen LogP contribution in [0.1, 0.15) is 11.1 Å². The molecule has 2 nitrogen and oxygen atoms in total. The zero-order valence-electron chi connectivity index (χ0n) is 16.4. The predicted molar refractivity (Wildman–Crippen MR) is 122 cm³/mol. The largest absolute Gasteiger partial charge is 0.368 e. The van der Waals surface area contributed by atoms with Gasteiger partial charge in [0.25, 0.3) is 0 Å². The highest BCUT2D eigenvalue weighted by Gasteiger charge is 2.16. The number of nitrogens with one attached hydrogen (secondary N) is 1. The fraction of sp³-hybridized carbons (Fsp3) is 0.250. The summed E-state index contributed by atoms with van der Waals surface area (Å²) in [7, 11) is 0. The van der Waals surface area contributed by atoms with Crippen molar-refractivity contribution in [1.29, 1.82) is 0 Å². The Kier molecular flexibility index (Phi) is 6.30. The van der Waals surface area contributed by atoms with Crippen molar-refractivity contribution >= 4 is 29.2 Å². The van der Waals surface area contributed by atoms with Gasteiger partial charge in [-0.05, 0) is 49.7 Å². The van der Waals surface area contributed by atoms with Gasteiger partial charge in [0.2, 0.25) is 0 Å². The fourth-order valence-corrected chi connectivity index (χ4v) is 5.64. The molecule has 4 heteroatoms. The molecule has 3 aromatic carbocycles. The van der Waals surface area contributed by atoms with Gasteiger partial charge in [0, 0.05) is 45.8 Å². The van der Waals surface area contributed by atoms with E-state index >= 15 is 0 Å². The minimum atomic E-state index is 1.05. The van der Waals surface area contributed by atoms with Crippen LogP contribution < -0.4 is 10.2 Å². The van der Waals surface area contributed by atoms with Crippen LogP contribution in [0.25, 0.3) is 0 Å². The number of rotatable bonds is 5. The zero-order chi connectivity index (χ0) is 19.3. The van der Waals surface area contributed by atoms with E-state index in [1.165, 1.54) is 36.4 Å². The van der Waals surface area contributed by atoms with Crippen molar-refractivity contribution in [3.05, 3.63) is 77.9 Å². The summed E-state index contributed by atoms with van der Waals surface area (Å²) in [6.45, 7) is 8.59. The highest BCUT2D eigenvalue weighted by atomic mass is 32.2. The van der Waals surface area contributed by atoms with Gasteiger partial charge in [-0.15, -0.1) is 0 Å². The van der Waals surface area contributed by atoms with E-state index < -0.39 is 0 Å². The van der Waals surface area contributed by atoms with Gasteiger partial charge < -0.3 is 10.2 Å². The second kappa shape index (κ2) is 9.08. The molecule has 1 aliphatic heterocycles. The molecule has 1 aliphatic rings. The van der Waals surface area contributed by atoms with E-state index in [0.717, 1.165) is 26.2 Å². The van der Waals surface area contributed by atoms with Gasteiger partial charge in [0.1, 0.15) is 0 Å². The average molecular weight is 407 g/mol. The lowest BCUT2D eigenvalue weighted by atomic mass is 10.2. The van der Waals surface area contributed by atoms with E-state index in [-0.39, 0.29) is 0 Å². The minimum absolute atomic E-state index is 1.05. The summed E-state index contributed by atoms with van der Waals surface area (Å²) >= 11 is 3.75. The highest BCUT2D eigenvalue weighted by molar-refractivity contribution is 8.02. The third-order valence-corrected chi connectivity index (χ3v) is 7.47. The van der Waals surface area contributed by atoms with Gasteiger partial charge in [0.15, 0.2) is 0 Å². The van der Waals surface area contributed by atoms with Crippen molar-refractivity contribution in [2.24, 2.45) is 0 Å². The van der Waals surface area contributed by atoms with Gasteiger partial charge in [-0.1, -0.05) is 65.5 Å². The Hall–Kier alpha value is -1.88. The molecule has 0 bridgehead atoms. The Morgan fingerprint density at radius 2 is 1.32 bits per heavy atom. The first kappa shape index (κ1) is 19.4. The van der Waals surface area contributed by atoms with Gasteiger partial charge >= 0.3 is 0 Å². The molecular formula is C24H26N2S2. The predicted octanol–water partition coefficient (Wildman–Crippen LogP) is 6.02. The quantitative estimate of drug-likeness (QED) is 0.557. The van der Waals surface area contributed by atoms with Crippen LogP contribution in [-0.2, 0) is 0 Å². The van der Waals surface area contributed by atoms with E-state index in [1.54, 1.807) is 0 Å². The molecule has 0 saturated carbocycles. The molecule has 0 radical (unpaired) electrons. The molecule has 28 heavy (non-hydrogen) atoms. The van der Waals surface area contributed by atoms with Crippen LogP contribution in [0.15, 0.2) is 86.3 Å². The summed E-state index contributed by atoms with van der Waals surface area (Å²) in [6.07, 6.45) is 0. The van der Waals surface area contributed by atoms with Gasteiger partial charge in [0.05, 0.1) is 5.69 Å². The first-order chi connectivity index (χ1) is 13.7. The van der Waals surface area contributed by atoms with Gasteiger partial charge in [-0.2, -0.15) is 0 Å². The SMILES string of the molecule is Cc1ccc(Sc2ccccc2Sc2ccccc2N2CCNCC2)c(C)c1. The molecular weight excluding hydrogens is 380 g/mol. The minimum Gasteiger partial charge on any atom is -0.368 e. The van der Waals surface area contributed by atoms with E-state index in [2.05, 4.69) is 90.8 Å². The van der Waals surface area contributed by atoms with Crippen molar-refractivity contribution in [2.75, 3.05) is 31.1 Å². The number of anilines is 1. The monoisotopic (exact) mass is 406 g/mol. The molecule has 0 aliphatic carbocycles. The maximum atomic E-state index is 3.45. The normalized spacial score (nSPS) is 14.3. The molecule has 0 spiro atoms. The molecule has 1 saturated heterocycles. The first-order valence-electron chi connectivity index (χ1n) is 9.77. The summed E-state index contributed by atoms with van der Waals surface area (Å²) in [5, 5.41) is 3.45. The van der Waals surface area contributed by atoms with Crippen molar-refractivity contribution in [3.63, 3.8) is 0 Å². The number of aryl methyl sites for hydroxylation is 2. The number of nitrogens with zero attached hydrogens (tertiary/aromatic N) is 1. The maximum Gasteiger partial charge on any atom is 0.0508 e. The summed E-state index contributed by atoms with van der Waals surface area (Å²) in [5.41, 5.74) is 4.00. The molecule has 0 amide bonds. The Bertz CT molecular complexity index is 949. The Balaban J connectivity index is 1.61. The summed E-state index contributed by atoms with van der Waals surface area (Å²) in [5.74, 6) is 0. The van der Waals surface area contributed by atoms with Crippen LogP contribution in [0, 0.1) is 13.8 Å². The molecule has 144 valence electrons. The highest BCUT2D eigenvalue weighted by Crippen LogP contribution is 2.42. The lowest BCUT2D eigenvalue weighted by Crippen LogP contribution is -2.43. The van der Waals surface area contributed by atoms with Crippen molar-refractivity contribution in [1.82, 2.24) is 5.32 Å². The number of para-hydroxylation sites is 1. The molecule has 1 fully saturated rings. The van der Waals surface area contributed by atoms with E-state index in [9.17, 15) is 0 Å². The average Bonchev–Trinajstić information content (AvgIpc) is 2.72. The molecule has 0 unspecified atom stereocenters. The molecule has 1 heterocycles. The first-order valence-corrected chi connectivity index (χ1v) is 11.4. The van der Waals surface area contributed by atoms with Crippen molar-refractivity contribution in [3.8, 4) is 0 Å². The topological polar surface area (TPSA) is 15.3 Å². The molecule has 3 aromatic rings. The molecule has 1 N–H and O–H groups in total. The lowest BCUT2D eigenvalue weighted by Gasteiger charge is -2.31. The summed E-state index contributed by atoms with van der Waals surface area (Å²) in [4.78, 5) is 7.79. The third-order valence-electron chi connectivity index (χ3n) is 4.94. The molecule has 0 aromatic heterocycles. The number of piperazine rings is 1. The zero-order valence-corrected chi connectivity index (χ0v) is 18.1. The second-order valence-electron chi connectivity index (χ2n) is 7.12. The van der Waals surface area contributed by atoms with E-state index in [4.69, 9.17) is 0 Å². The Morgan fingerprint density at radius 3 is 2.00 bits per heavy atom. The van der Waals surface area contributed by atoms with Crippen LogP contribution in [0.5, 0.6) is 0 Å². The van der Waals surface area contributed by atoms with E-state index in [0.29, 0.717) is 0 Å². The van der Waals surface area contributed by atoms with Gasteiger partial charge in [-0.3, -0.25) is 0 Å². The Morgan fingerprint density at radius 1 is 0.714 bits per heavy atom. The third kappa shape index (κ3) is 4.57. The molecule has 0 atom stereocenters. The van der Waals surface area contributed by atoms with Crippen LogP contribution in [-0.4, -0.2) is 26.2 Å².